The Hall–Kier alpha value is -1.65. The molecule has 2 atom stereocenters. The molecule has 0 saturated carbocycles. The molecule has 0 spiro atoms. The minimum absolute atomic E-state index is 0.222. The van der Waals surface area contributed by atoms with Gasteiger partial charge < -0.3 is 10.5 Å². The van der Waals surface area contributed by atoms with Crippen molar-refractivity contribution in [1.82, 2.24) is 0 Å². The van der Waals surface area contributed by atoms with E-state index in [-0.39, 0.29) is 6.04 Å². The molecule has 0 saturated heterocycles. The summed E-state index contributed by atoms with van der Waals surface area (Å²) >= 11 is 0. The molecule has 0 fully saturated rings. The van der Waals surface area contributed by atoms with E-state index in [4.69, 9.17) is 10.5 Å². The zero-order chi connectivity index (χ0) is 15.2. The van der Waals surface area contributed by atoms with Crippen LogP contribution in [-0.4, -0.2) is 17.1 Å². The van der Waals surface area contributed by atoms with Crippen molar-refractivity contribution in [3.63, 3.8) is 0 Å². The molecular formula is C17H21NO2S. The predicted molar refractivity (Wildman–Crippen MR) is 87.8 cm³/mol. The zero-order valence-electron chi connectivity index (χ0n) is 12.4. The molecule has 0 aliphatic heterocycles. The van der Waals surface area contributed by atoms with Crippen LogP contribution in [0.25, 0.3) is 0 Å². The molecule has 0 aromatic heterocycles. The van der Waals surface area contributed by atoms with Gasteiger partial charge >= 0.3 is 0 Å². The summed E-state index contributed by atoms with van der Waals surface area (Å²) in [6, 6.07) is 15.4. The van der Waals surface area contributed by atoms with Crippen LogP contribution in [0.5, 0.6) is 5.75 Å². The van der Waals surface area contributed by atoms with Gasteiger partial charge in [0.05, 0.1) is 7.11 Å². The van der Waals surface area contributed by atoms with Gasteiger partial charge in [0.25, 0.3) is 0 Å². The third-order valence-electron chi connectivity index (χ3n) is 3.49. The summed E-state index contributed by atoms with van der Waals surface area (Å²) in [7, 11) is 0.656. The lowest BCUT2D eigenvalue weighted by Crippen LogP contribution is -2.19. The maximum Gasteiger partial charge on any atom is 0.118 e. The summed E-state index contributed by atoms with van der Waals surface area (Å²) in [6.45, 7) is 2.04. The lowest BCUT2D eigenvalue weighted by Gasteiger charge is -2.13. The van der Waals surface area contributed by atoms with E-state index in [2.05, 4.69) is 0 Å². The molecule has 2 aromatic rings. The first-order chi connectivity index (χ1) is 10.1. The molecule has 0 bridgehead atoms. The largest absolute Gasteiger partial charge is 0.497 e. The van der Waals surface area contributed by atoms with Crippen LogP contribution in [0.1, 0.15) is 22.7 Å². The first-order valence-electron chi connectivity index (χ1n) is 6.89. The average molecular weight is 303 g/mol. The summed E-state index contributed by atoms with van der Waals surface area (Å²) in [4.78, 5) is 0. The molecule has 2 aromatic carbocycles. The third-order valence-corrected chi connectivity index (χ3v) is 4.85. The zero-order valence-corrected chi connectivity index (χ0v) is 13.2. The van der Waals surface area contributed by atoms with Crippen LogP contribution in [0.4, 0.5) is 0 Å². The van der Waals surface area contributed by atoms with Crippen LogP contribution in [-0.2, 0) is 16.6 Å². The highest BCUT2D eigenvalue weighted by atomic mass is 32.2. The fourth-order valence-corrected chi connectivity index (χ4v) is 3.53. The second-order valence-electron chi connectivity index (χ2n) is 5.06. The summed E-state index contributed by atoms with van der Waals surface area (Å²) < 4.78 is 17.4. The fraction of sp³-hybridized carbons (Fsp3) is 0.294. The van der Waals surface area contributed by atoms with Crippen molar-refractivity contribution in [2.75, 3.05) is 12.9 Å². The van der Waals surface area contributed by atoms with E-state index in [0.717, 1.165) is 16.9 Å². The SMILES string of the molecule is COc1ccc(C(N)CS(=O)Cc2ccccc2C)cc1. The predicted octanol–water partition coefficient (Wildman–Crippen LogP) is 2.95. The van der Waals surface area contributed by atoms with Gasteiger partial charge in [0, 0.05) is 28.3 Å². The quantitative estimate of drug-likeness (QED) is 0.892. The van der Waals surface area contributed by atoms with Gasteiger partial charge in [0.2, 0.25) is 0 Å². The standard InChI is InChI=1S/C17H21NO2S/c1-13-5-3-4-6-15(13)11-21(19)12-17(18)14-7-9-16(20-2)10-8-14/h3-10,17H,11-12,18H2,1-2H3. The number of ether oxygens (including phenoxy) is 1. The number of aryl methyl sites for hydroxylation is 1. The van der Waals surface area contributed by atoms with Crippen LogP contribution < -0.4 is 10.5 Å². The van der Waals surface area contributed by atoms with Gasteiger partial charge in [-0.2, -0.15) is 0 Å². The number of benzene rings is 2. The first-order valence-corrected chi connectivity index (χ1v) is 8.38. The van der Waals surface area contributed by atoms with Crippen molar-refractivity contribution in [2.24, 2.45) is 5.73 Å². The van der Waals surface area contributed by atoms with E-state index in [1.807, 2.05) is 55.5 Å². The molecule has 0 radical (unpaired) electrons. The van der Waals surface area contributed by atoms with Gasteiger partial charge in [0.1, 0.15) is 5.75 Å². The van der Waals surface area contributed by atoms with Crippen molar-refractivity contribution >= 4 is 10.8 Å². The number of nitrogens with two attached hydrogens (primary N) is 1. The molecule has 2 N–H and O–H groups in total. The molecule has 0 aliphatic rings. The molecule has 0 amide bonds. The lowest BCUT2D eigenvalue weighted by atomic mass is 10.1. The van der Waals surface area contributed by atoms with Crippen LogP contribution in [0.3, 0.4) is 0 Å². The summed E-state index contributed by atoms with van der Waals surface area (Å²) in [6.07, 6.45) is 0. The Morgan fingerprint density at radius 3 is 2.43 bits per heavy atom. The van der Waals surface area contributed by atoms with Crippen LogP contribution in [0, 0.1) is 6.92 Å². The van der Waals surface area contributed by atoms with E-state index >= 15 is 0 Å². The Labute approximate surface area is 128 Å². The maximum atomic E-state index is 12.3. The first kappa shape index (κ1) is 15.7. The van der Waals surface area contributed by atoms with Crippen molar-refractivity contribution < 1.29 is 8.95 Å². The second-order valence-corrected chi connectivity index (χ2v) is 6.56. The van der Waals surface area contributed by atoms with E-state index < -0.39 is 10.8 Å². The Kier molecular flexibility index (Phi) is 5.53. The highest BCUT2D eigenvalue weighted by Crippen LogP contribution is 2.18. The maximum absolute atomic E-state index is 12.3. The van der Waals surface area contributed by atoms with Crippen LogP contribution in [0.15, 0.2) is 48.5 Å². The number of hydrogen-bond acceptors (Lipinski definition) is 3. The van der Waals surface area contributed by atoms with Gasteiger partial charge in [-0.25, -0.2) is 0 Å². The van der Waals surface area contributed by atoms with Gasteiger partial charge in [-0.1, -0.05) is 36.4 Å². The molecule has 3 nitrogen and oxygen atoms in total. The average Bonchev–Trinajstić information content (AvgIpc) is 2.49. The Morgan fingerprint density at radius 2 is 1.81 bits per heavy atom. The highest BCUT2D eigenvalue weighted by molar-refractivity contribution is 7.84. The third kappa shape index (κ3) is 4.41. The van der Waals surface area contributed by atoms with Gasteiger partial charge in [-0.3, -0.25) is 4.21 Å². The number of rotatable bonds is 6. The molecule has 2 unspecified atom stereocenters. The molecule has 4 heteroatoms. The van der Waals surface area contributed by atoms with E-state index in [9.17, 15) is 4.21 Å². The van der Waals surface area contributed by atoms with Crippen molar-refractivity contribution in [3.05, 3.63) is 65.2 Å². The normalized spacial score (nSPS) is 13.7. The van der Waals surface area contributed by atoms with Crippen molar-refractivity contribution in [1.29, 1.82) is 0 Å². The number of hydrogen-bond donors (Lipinski definition) is 1. The summed E-state index contributed by atoms with van der Waals surface area (Å²) in [5, 5.41) is 0. The number of methoxy groups -OCH3 is 1. The van der Waals surface area contributed by atoms with E-state index in [1.54, 1.807) is 7.11 Å². The van der Waals surface area contributed by atoms with Crippen LogP contribution in [0.2, 0.25) is 0 Å². The second kappa shape index (κ2) is 7.38. The molecule has 0 aliphatic carbocycles. The minimum atomic E-state index is -0.975. The topological polar surface area (TPSA) is 52.3 Å². The summed E-state index contributed by atoms with van der Waals surface area (Å²) in [5.41, 5.74) is 9.42. The van der Waals surface area contributed by atoms with Crippen molar-refractivity contribution in [2.45, 2.75) is 18.7 Å². The smallest absolute Gasteiger partial charge is 0.118 e. The molecule has 2 rings (SSSR count). The summed E-state index contributed by atoms with van der Waals surface area (Å²) in [5.74, 6) is 1.81. The Morgan fingerprint density at radius 1 is 1.14 bits per heavy atom. The van der Waals surface area contributed by atoms with Gasteiger partial charge in [0.15, 0.2) is 0 Å². The van der Waals surface area contributed by atoms with Crippen LogP contribution >= 0.6 is 0 Å². The monoisotopic (exact) mass is 303 g/mol. The minimum Gasteiger partial charge on any atom is -0.497 e. The van der Waals surface area contributed by atoms with E-state index in [1.165, 1.54) is 5.56 Å². The molecule has 0 heterocycles. The lowest BCUT2D eigenvalue weighted by molar-refractivity contribution is 0.414. The Bertz CT molecular complexity index is 610. The van der Waals surface area contributed by atoms with E-state index in [0.29, 0.717) is 11.5 Å². The van der Waals surface area contributed by atoms with Gasteiger partial charge in [-0.05, 0) is 35.7 Å². The molecular weight excluding hydrogens is 282 g/mol. The molecule has 21 heavy (non-hydrogen) atoms. The van der Waals surface area contributed by atoms with Gasteiger partial charge in [-0.15, -0.1) is 0 Å². The molecule has 112 valence electrons. The fourth-order valence-electron chi connectivity index (χ4n) is 2.15. The van der Waals surface area contributed by atoms with Crippen molar-refractivity contribution in [3.8, 4) is 5.75 Å². The highest BCUT2D eigenvalue weighted by Gasteiger charge is 2.12. The Balaban J connectivity index is 1.97.